The molecule has 0 saturated heterocycles. The van der Waals surface area contributed by atoms with Crippen LogP contribution in [-0.4, -0.2) is 25.5 Å². The summed E-state index contributed by atoms with van der Waals surface area (Å²) in [5, 5.41) is 5.13. The highest BCUT2D eigenvalue weighted by molar-refractivity contribution is 5.96. The van der Waals surface area contributed by atoms with Crippen molar-refractivity contribution in [3.63, 3.8) is 0 Å². The highest BCUT2D eigenvalue weighted by Gasteiger charge is 2.08. The molecule has 0 aliphatic carbocycles. The van der Waals surface area contributed by atoms with Gasteiger partial charge in [0.2, 0.25) is 5.91 Å². The predicted octanol–water partition coefficient (Wildman–Crippen LogP) is 1.88. The molecule has 0 radical (unpaired) electrons. The van der Waals surface area contributed by atoms with E-state index >= 15 is 0 Å². The lowest BCUT2D eigenvalue weighted by molar-refractivity contribution is -0.120. The Morgan fingerprint density at radius 3 is 2.48 bits per heavy atom. The van der Waals surface area contributed by atoms with E-state index in [1.165, 1.54) is 18.2 Å². The van der Waals surface area contributed by atoms with Gasteiger partial charge in [-0.15, -0.1) is 0 Å². The standard InChI is InChI=1S/C17H17FN2O3/c1-23-15-7-5-12(6-8-15)10-19-16(21)11-20-17(22)13-3-2-4-14(18)9-13/h2-9H,10-11H2,1H3,(H,19,21)(H,20,22). The van der Waals surface area contributed by atoms with E-state index in [0.29, 0.717) is 6.54 Å². The highest BCUT2D eigenvalue weighted by atomic mass is 19.1. The average Bonchev–Trinajstić information content (AvgIpc) is 2.58. The van der Waals surface area contributed by atoms with Gasteiger partial charge in [0.1, 0.15) is 11.6 Å². The summed E-state index contributed by atoms with van der Waals surface area (Å²) in [7, 11) is 1.58. The van der Waals surface area contributed by atoms with E-state index in [1.54, 1.807) is 19.2 Å². The molecule has 2 aromatic rings. The fourth-order valence-electron chi connectivity index (χ4n) is 1.90. The van der Waals surface area contributed by atoms with E-state index in [1.807, 2.05) is 12.1 Å². The third-order valence-corrected chi connectivity index (χ3v) is 3.15. The maximum Gasteiger partial charge on any atom is 0.251 e. The Bertz CT molecular complexity index is 686. The summed E-state index contributed by atoms with van der Waals surface area (Å²) in [5.74, 6) is -0.585. The molecule has 23 heavy (non-hydrogen) atoms. The summed E-state index contributed by atoms with van der Waals surface area (Å²) in [6.45, 7) is 0.171. The molecule has 0 aliphatic rings. The number of rotatable bonds is 6. The molecule has 0 saturated carbocycles. The lowest BCUT2D eigenvalue weighted by Gasteiger charge is -2.08. The first kappa shape index (κ1) is 16.5. The predicted molar refractivity (Wildman–Crippen MR) is 83.6 cm³/mol. The van der Waals surface area contributed by atoms with Gasteiger partial charge >= 0.3 is 0 Å². The number of ether oxygens (including phenoxy) is 1. The Labute approximate surface area is 133 Å². The topological polar surface area (TPSA) is 67.4 Å². The summed E-state index contributed by atoms with van der Waals surface area (Å²) < 4.78 is 18.1. The highest BCUT2D eigenvalue weighted by Crippen LogP contribution is 2.10. The Balaban J connectivity index is 1.77. The van der Waals surface area contributed by atoms with Crippen molar-refractivity contribution in [3.05, 3.63) is 65.5 Å². The zero-order valence-electron chi connectivity index (χ0n) is 12.6. The fraction of sp³-hybridized carbons (Fsp3) is 0.176. The maximum atomic E-state index is 13.0. The quantitative estimate of drug-likeness (QED) is 0.855. The first-order valence-electron chi connectivity index (χ1n) is 7.02. The normalized spacial score (nSPS) is 10.0. The van der Waals surface area contributed by atoms with Gasteiger partial charge in [-0.2, -0.15) is 0 Å². The van der Waals surface area contributed by atoms with Gasteiger partial charge in [-0.05, 0) is 35.9 Å². The summed E-state index contributed by atoms with van der Waals surface area (Å²) in [6, 6.07) is 12.6. The fourth-order valence-corrected chi connectivity index (χ4v) is 1.90. The van der Waals surface area contributed by atoms with Gasteiger partial charge in [0, 0.05) is 12.1 Å². The van der Waals surface area contributed by atoms with E-state index in [9.17, 15) is 14.0 Å². The van der Waals surface area contributed by atoms with Crippen molar-refractivity contribution in [1.82, 2.24) is 10.6 Å². The molecular formula is C17H17FN2O3. The Morgan fingerprint density at radius 1 is 1.09 bits per heavy atom. The molecule has 0 spiro atoms. The molecule has 0 atom stereocenters. The van der Waals surface area contributed by atoms with E-state index in [-0.39, 0.29) is 18.0 Å². The molecule has 0 bridgehead atoms. The van der Waals surface area contributed by atoms with E-state index in [0.717, 1.165) is 17.4 Å². The monoisotopic (exact) mass is 316 g/mol. The summed E-state index contributed by atoms with van der Waals surface area (Å²) in [5.41, 5.74) is 1.09. The minimum absolute atomic E-state index is 0.174. The molecule has 0 aliphatic heterocycles. The van der Waals surface area contributed by atoms with Gasteiger partial charge in [0.15, 0.2) is 0 Å². The van der Waals surface area contributed by atoms with E-state index < -0.39 is 11.7 Å². The third kappa shape index (κ3) is 5.10. The lowest BCUT2D eigenvalue weighted by atomic mass is 10.2. The second kappa shape index (κ2) is 7.93. The van der Waals surface area contributed by atoms with Crippen LogP contribution >= 0.6 is 0 Å². The van der Waals surface area contributed by atoms with Gasteiger partial charge in [-0.1, -0.05) is 18.2 Å². The second-order valence-electron chi connectivity index (χ2n) is 4.82. The van der Waals surface area contributed by atoms with Crippen LogP contribution in [0.3, 0.4) is 0 Å². The van der Waals surface area contributed by atoms with Crippen LogP contribution in [0.4, 0.5) is 4.39 Å². The van der Waals surface area contributed by atoms with Gasteiger partial charge < -0.3 is 15.4 Å². The molecular weight excluding hydrogens is 299 g/mol. The minimum Gasteiger partial charge on any atom is -0.497 e. The molecule has 2 aromatic carbocycles. The van der Waals surface area contributed by atoms with Crippen LogP contribution in [0.15, 0.2) is 48.5 Å². The molecule has 2 rings (SSSR count). The molecule has 0 fully saturated rings. The third-order valence-electron chi connectivity index (χ3n) is 3.15. The molecule has 0 heterocycles. The Morgan fingerprint density at radius 2 is 1.83 bits per heavy atom. The number of benzene rings is 2. The molecule has 0 aromatic heterocycles. The molecule has 2 N–H and O–H groups in total. The smallest absolute Gasteiger partial charge is 0.251 e. The van der Waals surface area contributed by atoms with Crippen LogP contribution in [0.2, 0.25) is 0 Å². The zero-order valence-corrected chi connectivity index (χ0v) is 12.6. The second-order valence-corrected chi connectivity index (χ2v) is 4.82. The first-order chi connectivity index (χ1) is 11.1. The van der Waals surface area contributed by atoms with Gasteiger partial charge in [0.25, 0.3) is 5.91 Å². The SMILES string of the molecule is COc1ccc(CNC(=O)CNC(=O)c2cccc(F)c2)cc1. The number of halogens is 1. The van der Waals surface area contributed by atoms with E-state index in [2.05, 4.69) is 10.6 Å². The van der Waals surface area contributed by atoms with Gasteiger partial charge in [0.05, 0.1) is 13.7 Å². The van der Waals surface area contributed by atoms with Crippen molar-refractivity contribution in [2.75, 3.05) is 13.7 Å². The van der Waals surface area contributed by atoms with Gasteiger partial charge in [-0.3, -0.25) is 9.59 Å². The van der Waals surface area contributed by atoms with Crippen molar-refractivity contribution in [1.29, 1.82) is 0 Å². The van der Waals surface area contributed by atoms with Crippen molar-refractivity contribution >= 4 is 11.8 Å². The van der Waals surface area contributed by atoms with Crippen LogP contribution in [-0.2, 0) is 11.3 Å². The zero-order chi connectivity index (χ0) is 16.7. The number of nitrogens with one attached hydrogen (secondary N) is 2. The Kier molecular flexibility index (Phi) is 5.68. The number of hydrogen-bond donors (Lipinski definition) is 2. The van der Waals surface area contributed by atoms with Crippen LogP contribution < -0.4 is 15.4 Å². The summed E-state index contributed by atoms with van der Waals surface area (Å²) in [6.07, 6.45) is 0. The summed E-state index contributed by atoms with van der Waals surface area (Å²) >= 11 is 0. The molecule has 0 unspecified atom stereocenters. The van der Waals surface area contributed by atoms with Crippen LogP contribution in [0.25, 0.3) is 0 Å². The minimum atomic E-state index is -0.499. The van der Waals surface area contributed by atoms with Crippen LogP contribution in [0.5, 0.6) is 5.75 Å². The molecule has 5 nitrogen and oxygen atoms in total. The van der Waals surface area contributed by atoms with Crippen molar-refractivity contribution < 1.29 is 18.7 Å². The number of hydrogen-bond acceptors (Lipinski definition) is 3. The average molecular weight is 316 g/mol. The first-order valence-corrected chi connectivity index (χ1v) is 7.02. The van der Waals surface area contributed by atoms with Crippen molar-refractivity contribution in [2.45, 2.75) is 6.54 Å². The van der Waals surface area contributed by atoms with Crippen LogP contribution in [0.1, 0.15) is 15.9 Å². The van der Waals surface area contributed by atoms with Crippen molar-refractivity contribution in [3.8, 4) is 5.75 Å². The largest absolute Gasteiger partial charge is 0.497 e. The number of carbonyl (C=O) groups excluding carboxylic acids is 2. The lowest BCUT2D eigenvalue weighted by Crippen LogP contribution is -2.36. The summed E-state index contributed by atoms with van der Waals surface area (Å²) in [4.78, 5) is 23.5. The molecule has 2 amide bonds. The molecule has 6 heteroatoms. The van der Waals surface area contributed by atoms with Gasteiger partial charge in [-0.25, -0.2) is 4.39 Å². The van der Waals surface area contributed by atoms with Crippen LogP contribution in [0, 0.1) is 5.82 Å². The van der Waals surface area contributed by atoms with Crippen molar-refractivity contribution in [2.24, 2.45) is 0 Å². The maximum absolute atomic E-state index is 13.0. The Hall–Kier alpha value is -2.89. The number of methoxy groups -OCH3 is 1. The van der Waals surface area contributed by atoms with E-state index in [4.69, 9.17) is 4.74 Å². The molecule has 120 valence electrons. The number of amides is 2. The number of carbonyl (C=O) groups is 2.